The number of amides is 1. The zero-order valence-electron chi connectivity index (χ0n) is 20.7. The lowest BCUT2D eigenvalue weighted by Crippen LogP contribution is -2.34. The number of fused-ring (bicyclic) bond motifs is 1. The number of methoxy groups -OCH3 is 2. The van der Waals surface area contributed by atoms with E-state index in [0.717, 1.165) is 58.9 Å². The van der Waals surface area contributed by atoms with Crippen LogP contribution in [0.2, 0.25) is 0 Å². The van der Waals surface area contributed by atoms with Crippen LogP contribution in [0.3, 0.4) is 0 Å². The van der Waals surface area contributed by atoms with Crippen LogP contribution in [-0.2, 0) is 9.53 Å². The lowest BCUT2D eigenvalue weighted by atomic mass is 10.1. The van der Waals surface area contributed by atoms with Crippen molar-refractivity contribution in [3.8, 4) is 22.8 Å². The Morgan fingerprint density at radius 3 is 2.60 bits per heavy atom. The predicted octanol–water partition coefficient (Wildman–Crippen LogP) is 3.10. The maximum atomic E-state index is 12.6. The highest BCUT2D eigenvalue weighted by atomic mass is 16.5. The molecule has 0 saturated carbocycles. The molecular formula is C27H34N4O4. The molecule has 8 nitrogen and oxygen atoms in total. The van der Waals surface area contributed by atoms with Gasteiger partial charge in [0.05, 0.1) is 30.8 Å². The molecule has 0 radical (unpaired) electrons. The molecule has 1 aliphatic rings. The second-order valence-electron chi connectivity index (χ2n) is 8.60. The van der Waals surface area contributed by atoms with Crippen LogP contribution in [0.25, 0.3) is 22.2 Å². The molecule has 1 fully saturated rings. The van der Waals surface area contributed by atoms with Crippen LogP contribution in [0.1, 0.15) is 6.42 Å². The lowest BCUT2D eigenvalue weighted by Gasteiger charge is -2.22. The molecule has 186 valence electrons. The second-order valence-corrected chi connectivity index (χ2v) is 8.60. The predicted molar refractivity (Wildman–Crippen MR) is 138 cm³/mol. The fourth-order valence-corrected chi connectivity index (χ4v) is 4.33. The van der Waals surface area contributed by atoms with E-state index >= 15 is 0 Å². The molecule has 1 aliphatic heterocycles. The van der Waals surface area contributed by atoms with E-state index in [2.05, 4.69) is 21.6 Å². The maximum Gasteiger partial charge on any atom is 0.225 e. The molecule has 8 heteroatoms. The molecule has 4 rings (SSSR count). The van der Waals surface area contributed by atoms with Crippen molar-refractivity contribution in [2.24, 2.45) is 5.92 Å². The van der Waals surface area contributed by atoms with Gasteiger partial charge < -0.3 is 29.7 Å². The van der Waals surface area contributed by atoms with Crippen molar-refractivity contribution in [3.63, 3.8) is 0 Å². The zero-order valence-corrected chi connectivity index (χ0v) is 20.7. The van der Waals surface area contributed by atoms with Crippen LogP contribution in [0.15, 0.2) is 48.5 Å². The van der Waals surface area contributed by atoms with E-state index in [1.807, 2.05) is 49.5 Å². The van der Waals surface area contributed by atoms with Gasteiger partial charge in [0, 0.05) is 56.0 Å². The van der Waals surface area contributed by atoms with Crippen molar-refractivity contribution in [1.29, 1.82) is 0 Å². The minimum atomic E-state index is -0.0502. The number of anilines is 1. The van der Waals surface area contributed by atoms with Crippen LogP contribution >= 0.6 is 0 Å². The minimum Gasteiger partial charge on any atom is -0.497 e. The van der Waals surface area contributed by atoms with Gasteiger partial charge in [0.25, 0.3) is 0 Å². The monoisotopic (exact) mass is 478 g/mol. The first kappa shape index (κ1) is 24.8. The van der Waals surface area contributed by atoms with Crippen LogP contribution < -0.4 is 25.0 Å². The average Bonchev–Trinajstić information content (AvgIpc) is 3.39. The molecule has 0 aliphatic carbocycles. The van der Waals surface area contributed by atoms with Crippen LogP contribution in [0, 0.1) is 5.92 Å². The third-order valence-corrected chi connectivity index (χ3v) is 6.27. The summed E-state index contributed by atoms with van der Waals surface area (Å²) in [7, 11) is 5.20. The number of nitrogens with zero attached hydrogens (tertiary/aromatic N) is 2. The molecule has 1 atom stereocenters. The van der Waals surface area contributed by atoms with Crippen molar-refractivity contribution in [2.75, 3.05) is 65.6 Å². The minimum absolute atomic E-state index is 0.0502. The normalized spacial score (nSPS) is 15.4. The summed E-state index contributed by atoms with van der Waals surface area (Å²) in [6.07, 6.45) is 0.812. The second kappa shape index (κ2) is 11.9. The lowest BCUT2D eigenvalue weighted by molar-refractivity contribution is -0.124. The highest BCUT2D eigenvalue weighted by Crippen LogP contribution is 2.35. The molecule has 2 heterocycles. The summed E-state index contributed by atoms with van der Waals surface area (Å²) in [6.45, 7) is 3.93. The van der Waals surface area contributed by atoms with Gasteiger partial charge in [0.2, 0.25) is 5.91 Å². The number of likely N-dealkylation sites (N-methyl/N-ethyl adjacent to an activating group) is 1. The van der Waals surface area contributed by atoms with Gasteiger partial charge in [-0.1, -0.05) is 0 Å². The largest absolute Gasteiger partial charge is 0.497 e. The smallest absolute Gasteiger partial charge is 0.225 e. The van der Waals surface area contributed by atoms with Gasteiger partial charge >= 0.3 is 0 Å². The summed E-state index contributed by atoms with van der Waals surface area (Å²) in [6, 6.07) is 16.1. The summed E-state index contributed by atoms with van der Waals surface area (Å²) < 4.78 is 16.3. The number of pyridine rings is 1. The number of hydrogen-bond donors (Lipinski definition) is 2. The number of carbonyl (C=O) groups excluding carboxylic acids is 1. The first-order valence-electron chi connectivity index (χ1n) is 12.0. The average molecular weight is 479 g/mol. The topological polar surface area (TPSA) is 85.0 Å². The molecule has 1 amide bonds. The summed E-state index contributed by atoms with van der Waals surface area (Å²) in [5.41, 5.74) is 3.81. The van der Waals surface area contributed by atoms with Gasteiger partial charge in [-0.15, -0.1) is 0 Å². The molecule has 1 saturated heterocycles. The fraction of sp³-hybridized carbons (Fsp3) is 0.407. The third-order valence-electron chi connectivity index (χ3n) is 6.27. The zero-order chi connectivity index (χ0) is 24.6. The molecule has 3 aromatic rings. The Labute approximate surface area is 206 Å². The first-order chi connectivity index (χ1) is 17.1. The Hall–Kier alpha value is -3.36. The molecule has 0 bridgehead atoms. The van der Waals surface area contributed by atoms with Crippen molar-refractivity contribution in [2.45, 2.75) is 6.42 Å². The van der Waals surface area contributed by atoms with Crippen LogP contribution in [0.4, 0.5) is 5.69 Å². The van der Waals surface area contributed by atoms with E-state index in [4.69, 9.17) is 19.2 Å². The summed E-state index contributed by atoms with van der Waals surface area (Å²) in [5, 5.41) is 7.10. The highest BCUT2D eigenvalue weighted by molar-refractivity contribution is 5.95. The van der Waals surface area contributed by atoms with Crippen molar-refractivity contribution >= 4 is 22.5 Å². The number of carbonyl (C=O) groups is 1. The van der Waals surface area contributed by atoms with Crippen LogP contribution in [-0.4, -0.2) is 71.6 Å². The van der Waals surface area contributed by atoms with Gasteiger partial charge in [-0.05, 0) is 55.9 Å². The number of ether oxygens (including phenoxy) is 3. The first-order valence-corrected chi connectivity index (χ1v) is 12.0. The van der Waals surface area contributed by atoms with Crippen molar-refractivity contribution in [3.05, 3.63) is 48.5 Å². The van der Waals surface area contributed by atoms with E-state index in [1.54, 1.807) is 14.2 Å². The molecule has 0 spiro atoms. The van der Waals surface area contributed by atoms with Crippen molar-refractivity contribution < 1.29 is 19.0 Å². The quantitative estimate of drug-likeness (QED) is 0.410. The van der Waals surface area contributed by atoms with Crippen LogP contribution in [0.5, 0.6) is 11.5 Å². The van der Waals surface area contributed by atoms with Gasteiger partial charge in [0.1, 0.15) is 18.1 Å². The van der Waals surface area contributed by atoms with E-state index in [9.17, 15) is 4.79 Å². The van der Waals surface area contributed by atoms with E-state index < -0.39 is 0 Å². The maximum absolute atomic E-state index is 12.6. The Morgan fingerprint density at radius 2 is 1.86 bits per heavy atom. The molecular weight excluding hydrogens is 444 g/mol. The Bertz CT molecular complexity index is 1140. The van der Waals surface area contributed by atoms with E-state index in [1.165, 1.54) is 0 Å². The van der Waals surface area contributed by atoms with E-state index in [-0.39, 0.29) is 11.8 Å². The SMILES string of the molecule is CNCCOc1ccc(-c2cc(N3CCC(C(=O)NCCOC)C3)c3ccc(OC)cc3n2)cc1. The fourth-order valence-electron chi connectivity index (χ4n) is 4.33. The van der Waals surface area contributed by atoms with E-state index in [0.29, 0.717) is 26.3 Å². The summed E-state index contributed by atoms with van der Waals surface area (Å²) in [5.74, 6) is 1.62. The standard InChI is InChI=1S/C27H34N4O4/c1-28-11-15-35-21-6-4-19(5-7-21)24-17-26(23-9-8-22(34-3)16-25(23)30-24)31-13-10-20(18-31)27(32)29-12-14-33-2/h4-9,16-17,20,28H,10-15,18H2,1-3H3,(H,29,32). The third kappa shape index (κ3) is 6.01. The Morgan fingerprint density at radius 1 is 1.06 bits per heavy atom. The Balaban J connectivity index is 1.61. The molecule has 35 heavy (non-hydrogen) atoms. The highest BCUT2D eigenvalue weighted by Gasteiger charge is 2.29. The molecule has 1 unspecified atom stereocenters. The van der Waals surface area contributed by atoms with Crippen molar-refractivity contribution in [1.82, 2.24) is 15.6 Å². The van der Waals surface area contributed by atoms with Gasteiger partial charge in [-0.2, -0.15) is 0 Å². The number of nitrogens with one attached hydrogen (secondary N) is 2. The molecule has 2 N–H and O–H groups in total. The summed E-state index contributed by atoms with van der Waals surface area (Å²) >= 11 is 0. The Kier molecular flexibility index (Phi) is 8.39. The number of hydrogen-bond acceptors (Lipinski definition) is 7. The number of rotatable bonds is 11. The summed E-state index contributed by atoms with van der Waals surface area (Å²) in [4.78, 5) is 19.9. The molecule has 1 aromatic heterocycles. The molecule has 2 aromatic carbocycles. The van der Waals surface area contributed by atoms with Gasteiger partial charge in [-0.25, -0.2) is 4.98 Å². The van der Waals surface area contributed by atoms with Gasteiger partial charge in [-0.3, -0.25) is 4.79 Å². The van der Waals surface area contributed by atoms with Gasteiger partial charge in [0.15, 0.2) is 0 Å². The number of benzene rings is 2. The number of aromatic nitrogens is 1.